The molecule has 3 unspecified atom stereocenters. The number of nitrogens with one attached hydrogen (secondary N) is 3. The summed E-state index contributed by atoms with van der Waals surface area (Å²) < 4.78 is 52.2. The molecule has 129 heavy (non-hydrogen) atoms. The molecule has 0 saturated carbocycles. The van der Waals surface area contributed by atoms with Gasteiger partial charge in [-0.15, -0.1) is 0 Å². The van der Waals surface area contributed by atoms with Crippen LogP contribution < -0.4 is 16.0 Å². The van der Waals surface area contributed by atoms with Gasteiger partial charge in [-0.1, -0.05) is 156 Å². The predicted molar refractivity (Wildman–Crippen MR) is 465 cm³/mol. The molecule has 5 N–H and O–H groups in total. The van der Waals surface area contributed by atoms with Crippen molar-refractivity contribution in [3.05, 3.63) is 177 Å². The number of carboxylic acid groups (broad SMARTS) is 2. The zero-order chi connectivity index (χ0) is 94.7. The summed E-state index contributed by atoms with van der Waals surface area (Å²) in [5.74, 6) is -5.31. The van der Waals surface area contributed by atoms with Crippen molar-refractivity contribution >= 4 is 112 Å². The quantitative estimate of drug-likeness (QED) is 0.0317. The van der Waals surface area contributed by atoms with E-state index in [1.165, 1.54) is 35.9 Å². The van der Waals surface area contributed by atoms with E-state index in [0.29, 0.717) is 105 Å². The maximum absolute atomic E-state index is 13.1. The van der Waals surface area contributed by atoms with Gasteiger partial charge in [0.05, 0.1) is 70.1 Å². The van der Waals surface area contributed by atoms with Crippen molar-refractivity contribution < 1.29 is 129 Å². The smallest absolute Gasteiger partial charge is 0.328 e. The number of Topliss-reactive ketones (excluding diaryl/α,β-unsaturated/α-hetero) is 1. The third kappa shape index (κ3) is 34.3. The van der Waals surface area contributed by atoms with Crippen LogP contribution in [-0.4, -0.2) is 207 Å². The van der Waals surface area contributed by atoms with Crippen LogP contribution in [0.4, 0.5) is 0 Å². The highest BCUT2D eigenvalue weighted by atomic mass is 35.5. The fraction of sp³-hybridized carbons (Fsp3) is 0.516. The summed E-state index contributed by atoms with van der Waals surface area (Å²) in [5, 5.41) is 31.8. The van der Waals surface area contributed by atoms with Crippen LogP contribution in [0.25, 0.3) is 0 Å². The zero-order valence-electron chi connectivity index (χ0n) is 74.7. The van der Waals surface area contributed by atoms with Gasteiger partial charge in [0.2, 0.25) is 49.2 Å². The van der Waals surface area contributed by atoms with E-state index in [-0.39, 0.29) is 158 Å². The molecule has 0 aliphatic carbocycles. The lowest BCUT2D eigenvalue weighted by Crippen LogP contribution is -2.63. The monoisotopic (exact) mass is 1840 g/mol. The Kier molecular flexibility index (Phi) is 42.6. The van der Waals surface area contributed by atoms with Crippen LogP contribution in [-0.2, 0) is 130 Å². The minimum absolute atomic E-state index is 0.0777. The molecule has 702 valence electrons. The predicted octanol–water partition coefficient (Wildman–Crippen LogP) is 11.4. The summed E-state index contributed by atoms with van der Waals surface area (Å²) >= 11 is 11.5. The van der Waals surface area contributed by atoms with Crippen LogP contribution in [0.2, 0.25) is 10.0 Å². The van der Waals surface area contributed by atoms with Gasteiger partial charge in [0.25, 0.3) is 23.6 Å². The first-order chi connectivity index (χ1) is 61.3. The Balaban J connectivity index is 0.000000207. The second-order valence-corrected chi connectivity index (χ2v) is 33.8. The van der Waals surface area contributed by atoms with Crippen LogP contribution in [0.1, 0.15) is 203 Å². The number of carboxylic acids is 2. The van der Waals surface area contributed by atoms with Gasteiger partial charge in [-0.3, -0.25) is 72.3 Å². The van der Waals surface area contributed by atoms with E-state index in [0.717, 1.165) is 21.7 Å². The van der Waals surface area contributed by atoms with Crippen LogP contribution in [0.15, 0.2) is 140 Å². The lowest BCUT2D eigenvalue weighted by molar-refractivity contribution is -0.180. The lowest BCUT2D eigenvalue weighted by Gasteiger charge is -2.42. The Labute approximate surface area is 760 Å². The van der Waals surface area contributed by atoms with Crippen LogP contribution in [0.3, 0.4) is 0 Å². The molecular weight excluding hydrogens is 1720 g/mol. The third-order valence-corrected chi connectivity index (χ3v) is 21.5. The number of benzene rings is 5. The second-order valence-electron chi connectivity index (χ2n) is 32.9. The number of ketones is 1. The van der Waals surface area contributed by atoms with E-state index in [1.807, 2.05) is 141 Å². The van der Waals surface area contributed by atoms with E-state index in [2.05, 4.69) is 16.0 Å². The summed E-state index contributed by atoms with van der Waals surface area (Å²) in [6, 6.07) is 38.1. The second kappa shape index (κ2) is 52.4. The molecule has 7 amide bonds. The number of esters is 5. The van der Waals surface area contributed by atoms with Crippen LogP contribution >= 0.6 is 23.2 Å². The lowest BCUT2D eigenvalue weighted by atomic mass is 10.1. The molecule has 14 rings (SSSR count). The summed E-state index contributed by atoms with van der Waals surface area (Å²) in [6.45, 7) is 22.4. The van der Waals surface area contributed by atoms with E-state index < -0.39 is 72.3 Å². The number of ether oxygens (including phenoxy) is 10. The highest BCUT2D eigenvalue weighted by Crippen LogP contribution is 2.31. The molecular formula is C93H119Cl2N7O27. The molecule has 0 spiro atoms. The van der Waals surface area contributed by atoms with Gasteiger partial charge in [-0.05, 0) is 138 Å². The first-order valence-corrected chi connectivity index (χ1v) is 43.9. The highest BCUT2D eigenvalue weighted by molar-refractivity contribution is 6.30. The number of amides is 7. The molecule has 34 nitrogen and oxygen atoms in total. The molecule has 36 heteroatoms. The molecule has 0 bridgehead atoms. The number of hydrazine groups is 2. The van der Waals surface area contributed by atoms with E-state index in [1.54, 1.807) is 60.7 Å². The van der Waals surface area contributed by atoms with Crippen molar-refractivity contribution in [1.29, 1.82) is 0 Å². The van der Waals surface area contributed by atoms with E-state index >= 15 is 0 Å². The number of hydrogen-bond donors (Lipinski definition) is 5. The minimum Gasteiger partial charge on any atom is -0.481 e. The van der Waals surface area contributed by atoms with Crippen LogP contribution in [0.5, 0.6) is 0 Å². The Hall–Kier alpha value is -11.3. The number of hydrogen-bond acceptors (Lipinski definition) is 25. The van der Waals surface area contributed by atoms with Gasteiger partial charge in [-0.25, -0.2) is 14.8 Å². The Morgan fingerprint density at radius 3 is 1.03 bits per heavy atom. The number of cyclic esters (lactones) is 5. The number of halogens is 2. The average molecular weight is 1840 g/mol. The molecule has 0 aromatic heterocycles. The summed E-state index contributed by atoms with van der Waals surface area (Å²) in [5.41, 5.74) is 3.96. The SMILES string of the molecule is CC(=O)C[C@H](C)C(=O)O.CC(C)O[C@H]1OC(=O)C[C@@H]1C.CC(C)O[C@H]1OC(=O)C[C@@H]1C.CNC(=O)[C@@H]1CCCN2C(=O)CC[C@H](NC(=O)c3ccccc3)C(=O)N12.C[C@H]1CC(=O)OC1OCc1ccc(Cl)cc1.C[C@H]1CC(=O)OC1OCc1ccc(Cl)cc1.C[C@H]1CC(=O)OC1OCc1ccccc1.O=C(N[C@H]1CCC(=O)N2CCC[C@@H](C(=O)O)N2C1=O)c1ccccc1. The number of carbonyl (C=O) groups is 15. The van der Waals surface area contributed by atoms with Crippen LogP contribution in [0, 0.1) is 35.5 Å². The van der Waals surface area contributed by atoms with Gasteiger partial charge in [0, 0.05) is 90.2 Å². The Morgan fingerprint density at radius 2 is 0.744 bits per heavy atom. The summed E-state index contributed by atoms with van der Waals surface area (Å²) in [4.78, 5) is 174. The topological polar surface area (TPSA) is 438 Å². The van der Waals surface area contributed by atoms with Crippen molar-refractivity contribution in [1.82, 2.24) is 36.0 Å². The zero-order valence-corrected chi connectivity index (χ0v) is 76.2. The van der Waals surface area contributed by atoms with Crippen molar-refractivity contribution in [3.63, 3.8) is 0 Å². The molecule has 5 aromatic carbocycles. The van der Waals surface area contributed by atoms with Gasteiger partial charge in [0.15, 0.2) is 6.04 Å². The molecule has 0 radical (unpaired) electrons. The fourth-order valence-electron chi connectivity index (χ4n) is 14.1. The van der Waals surface area contributed by atoms with Gasteiger partial charge < -0.3 is 78.3 Å². The maximum atomic E-state index is 13.1. The van der Waals surface area contributed by atoms with Gasteiger partial charge >= 0.3 is 41.8 Å². The minimum atomic E-state index is -1.15. The standard InChI is InChI=1S/C18H22N4O4.C17H19N3O5.2C12H13ClO3.C12H14O3.2C8H14O3.C6H10O3/c1-19-17(25)14-8-5-11-21-15(23)10-9-13(18(26)22(14)21)20-16(24)12-6-3-2-4-7-12;21-14-9-8-12(18-15(22)11-5-2-1-3-6-11)16(23)20-13(17(24)25)7-4-10-19(14)20;2*1-8-6-11(14)16-12(8)15-7-9-2-4-10(13)5-3-9;1-9-7-11(13)15-12(9)14-8-10-5-3-2-4-6-10;2*1-5(2)10-8-6(3)4-7(9)11-8;1-4(6(8)9)3-5(2)7/h2-4,6-7,13-14H,5,8-11H2,1H3,(H,19,25)(H,20,24);1-3,5-6,12-13H,4,7-10H2,(H,18,22)(H,24,25);2*2-5,8,12H,6-7H2,1H3;2-6,9,12H,7-8H2,1H3;2*5-6,8H,4H2,1-3H3;4H,3H2,1-2H3,(H,8,9)/t13-,14-;12-,13-;2*8-,12?;9-,12?;2*6-,8-;4-/m00000000/s1. The summed E-state index contributed by atoms with van der Waals surface area (Å²) in [7, 11) is 1.50. The number of fused-ring (bicyclic) bond motifs is 2. The highest BCUT2D eigenvalue weighted by Gasteiger charge is 2.47. The number of likely N-dealkylation sites (N-methyl/N-ethyl adjacent to an activating group) is 1. The first-order valence-electron chi connectivity index (χ1n) is 43.1. The molecule has 9 aliphatic rings. The molecule has 9 saturated heterocycles. The Morgan fingerprint density at radius 1 is 0.434 bits per heavy atom. The average Bonchev–Trinajstić information content (AvgIpc) is 1.72. The molecule has 9 aliphatic heterocycles. The fourth-order valence-corrected chi connectivity index (χ4v) is 14.4. The van der Waals surface area contributed by atoms with E-state index in [9.17, 15) is 77.0 Å². The molecule has 9 heterocycles. The van der Waals surface area contributed by atoms with Crippen molar-refractivity contribution in [3.8, 4) is 0 Å². The first kappa shape index (κ1) is 105. The van der Waals surface area contributed by atoms with Crippen molar-refractivity contribution in [2.75, 3.05) is 20.1 Å². The number of nitrogens with zero attached hydrogens (tertiary/aromatic N) is 4. The van der Waals surface area contributed by atoms with Crippen molar-refractivity contribution in [2.24, 2.45) is 35.5 Å². The van der Waals surface area contributed by atoms with Gasteiger partial charge in [-0.2, -0.15) is 0 Å². The number of rotatable bonds is 22. The number of carbonyl (C=O) groups excluding carboxylic acids is 13. The summed E-state index contributed by atoms with van der Waals surface area (Å²) in [6.07, 6.45) is 3.34. The molecule has 15 atom stereocenters. The number of aliphatic carboxylic acids is 2. The molecule has 5 aromatic rings. The van der Waals surface area contributed by atoms with Crippen molar-refractivity contribution in [2.45, 2.75) is 254 Å². The largest absolute Gasteiger partial charge is 0.481 e. The van der Waals surface area contributed by atoms with E-state index in [4.69, 9.17) is 75.7 Å². The maximum Gasteiger partial charge on any atom is 0.328 e. The third-order valence-electron chi connectivity index (χ3n) is 21.0. The van der Waals surface area contributed by atoms with Gasteiger partial charge in [0.1, 0.15) is 23.9 Å². The molecule has 9 fully saturated rings. The Bertz CT molecular complexity index is 4460. The normalized spacial score (nSPS) is 24.4.